The molecule has 2 N–H and O–H groups in total. The molecule has 156 valence electrons. The highest BCUT2D eigenvalue weighted by molar-refractivity contribution is 6.30. The maximum absolute atomic E-state index is 13.3. The van der Waals surface area contributed by atoms with Crippen LogP contribution in [0, 0.1) is 11.8 Å². The molecule has 2 unspecified atom stereocenters. The van der Waals surface area contributed by atoms with E-state index in [1.165, 1.54) is 0 Å². The topological polar surface area (TPSA) is 78.5 Å². The van der Waals surface area contributed by atoms with Gasteiger partial charge in [0.1, 0.15) is 0 Å². The summed E-state index contributed by atoms with van der Waals surface area (Å²) >= 11 is 5.84. The smallest absolute Gasteiger partial charge is 0.269 e. The molecule has 0 saturated heterocycles. The number of hydrogen-bond acceptors (Lipinski definition) is 3. The Hall–Kier alpha value is -2.86. The average Bonchev–Trinajstić information content (AvgIpc) is 3.21. The number of nitrogens with zero attached hydrogens (tertiary/aromatic N) is 1. The first-order valence-corrected chi connectivity index (χ1v) is 10.7. The molecule has 3 amide bonds. The zero-order valence-electron chi connectivity index (χ0n) is 16.6. The van der Waals surface area contributed by atoms with Crippen LogP contribution in [0.4, 0.5) is 5.69 Å². The van der Waals surface area contributed by atoms with Crippen molar-refractivity contribution in [1.82, 2.24) is 10.9 Å². The van der Waals surface area contributed by atoms with Crippen LogP contribution in [0.1, 0.15) is 41.6 Å². The number of rotatable bonds is 3. The summed E-state index contributed by atoms with van der Waals surface area (Å²) in [6.07, 6.45) is 3.97. The van der Waals surface area contributed by atoms with Crippen molar-refractivity contribution in [2.75, 3.05) is 11.4 Å². The molecule has 1 saturated carbocycles. The summed E-state index contributed by atoms with van der Waals surface area (Å²) in [7, 11) is 0. The van der Waals surface area contributed by atoms with Crippen LogP contribution in [0.15, 0.2) is 48.5 Å². The molecule has 2 aromatic carbocycles. The van der Waals surface area contributed by atoms with Gasteiger partial charge in [-0.2, -0.15) is 0 Å². The fourth-order valence-electron chi connectivity index (χ4n) is 4.39. The summed E-state index contributed by atoms with van der Waals surface area (Å²) < 4.78 is 0. The molecule has 1 aliphatic heterocycles. The Morgan fingerprint density at radius 3 is 2.37 bits per heavy atom. The number of fused-ring (bicyclic) bond motifs is 1. The van der Waals surface area contributed by atoms with Crippen molar-refractivity contribution in [2.45, 2.75) is 32.1 Å². The van der Waals surface area contributed by atoms with Crippen LogP contribution in [0.2, 0.25) is 5.02 Å². The first-order chi connectivity index (χ1) is 14.5. The highest BCUT2D eigenvalue weighted by Gasteiger charge is 2.39. The standard InChI is InChI=1S/C23H24ClN3O3/c24-17-11-9-16(10-12-17)21(28)25-26-22(29)18-6-2-3-7-19(18)23(30)27-14-13-15-5-1-4-8-20(15)27/h1,4-5,8-12,18-19H,2-3,6-7,13-14H2,(H,25,28)(H,26,29). The van der Waals surface area contributed by atoms with Gasteiger partial charge in [0.15, 0.2) is 0 Å². The number of carbonyl (C=O) groups is 3. The molecule has 0 radical (unpaired) electrons. The third-order valence-electron chi connectivity index (χ3n) is 5.98. The van der Waals surface area contributed by atoms with E-state index in [2.05, 4.69) is 10.9 Å². The molecule has 4 rings (SSSR count). The summed E-state index contributed by atoms with van der Waals surface area (Å²) in [5.41, 5.74) is 7.48. The minimum atomic E-state index is -0.454. The van der Waals surface area contributed by atoms with Gasteiger partial charge >= 0.3 is 0 Å². The summed E-state index contributed by atoms with van der Waals surface area (Å²) in [5, 5.41) is 0.530. The second-order valence-corrected chi connectivity index (χ2v) is 8.25. The van der Waals surface area contributed by atoms with Crippen molar-refractivity contribution in [3.8, 4) is 0 Å². The first-order valence-electron chi connectivity index (χ1n) is 10.3. The molecule has 0 spiro atoms. The predicted octanol–water partition coefficient (Wildman–Crippen LogP) is 3.50. The van der Waals surface area contributed by atoms with Crippen molar-refractivity contribution >= 4 is 35.0 Å². The van der Waals surface area contributed by atoms with Gasteiger partial charge in [0, 0.05) is 22.8 Å². The van der Waals surface area contributed by atoms with Gasteiger partial charge in [0.2, 0.25) is 11.8 Å². The van der Waals surface area contributed by atoms with Crippen molar-refractivity contribution in [3.05, 3.63) is 64.7 Å². The van der Waals surface area contributed by atoms with Crippen molar-refractivity contribution in [2.24, 2.45) is 11.8 Å². The number of nitrogens with one attached hydrogen (secondary N) is 2. The Morgan fingerprint density at radius 1 is 0.900 bits per heavy atom. The van der Waals surface area contributed by atoms with Crippen LogP contribution in [-0.2, 0) is 16.0 Å². The molecule has 2 aromatic rings. The fraction of sp³-hybridized carbons (Fsp3) is 0.348. The maximum atomic E-state index is 13.3. The Balaban J connectivity index is 1.42. The van der Waals surface area contributed by atoms with E-state index in [1.807, 2.05) is 29.2 Å². The SMILES string of the molecule is O=C(NNC(=O)C1CCCCC1C(=O)N1CCc2ccccc21)c1ccc(Cl)cc1. The third-order valence-corrected chi connectivity index (χ3v) is 6.23. The van der Waals surface area contributed by atoms with Gasteiger partial charge < -0.3 is 4.90 Å². The van der Waals surface area contributed by atoms with E-state index in [9.17, 15) is 14.4 Å². The van der Waals surface area contributed by atoms with E-state index in [0.717, 1.165) is 30.5 Å². The molecule has 1 aliphatic carbocycles. The van der Waals surface area contributed by atoms with Crippen LogP contribution in [0.25, 0.3) is 0 Å². The highest BCUT2D eigenvalue weighted by Crippen LogP contribution is 2.35. The summed E-state index contributed by atoms with van der Waals surface area (Å²) in [4.78, 5) is 40.2. The zero-order chi connectivity index (χ0) is 21.1. The van der Waals surface area contributed by atoms with Gasteiger partial charge in [-0.3, -0.25) is 25.2 Å². The van der Waals surface area contributed by atoms with Crippen LogP contribution >= 0.6 is 11.6 Å². The number of para-hydroxylation sites is 1. The lowest BCUT2D eigenvalue weighted by Crippen LogP contribution is -2.49. The summed E-state index contributed by atoms with van der Waals surface area (Å²) in [5.74, 6) is -1.57. The molecule has 0 bridgehead atoms. The number of hydrogen-bond donors (Lipinski definition) is 2. The minimum absolute atomic E-state index is 0.00354. The molecule has 7 heteroatoms. The van der Waals surface area contributed by atoms with Gasteiger partial charge in [-0.25, -0.2) is 0 Å². The first kappa shape index (κ1) is 20.4. The van der Waals surface area contributed by atoms with Crippen LogP contribution < -0.4 is 15.8 Å². The van der Waals surface area contributed by atoms with Gasteiger partial charge in [-0.05, 0) is 55.2 Å². The second-order valence-electron chi connectivity index (χ2n) is 7.82. The molecule has 1 heterocycles. The minimum Gasteiger partial charge on any atom is -0.312 e. The molecule has 30 heavy (non-hydrogen) atoms. The maximum Gasteiger partial charge on any atom is 0.269 e. The third kappa shape index (κ3) is 4.19. The Bertz CT molecular complexity index is 960. The van der Waals surface area contributed by atoms with Gasteiger partial charge in [-0.15, -0.1) is 0 Å². The zero-order valence-corrected chi connectivity index (χ0v) is 17.3. The Kier molecular flexibility index (Phi) is 6.04. The normalized spacial score (nSPS) is 20.4. The van der Waals surface area contributed by atoms with Crippen LogP contribution in [-0.4, -0.2) is 24.3 Å². The van der Waals surface area contributed by atoms with Crippen molar-refractivity contribution in [1.29, 1.82) is 0 Å². The van der Waals surface area contributed by atoms with E-state index in [-0.39, 0.29) is 17.7 Å². The molecular formula is C23H24ClN3O3. The summed E-state index contributed by atoms with van der Waals surface area (Å²) in [6.45, 7) is 0.649. The van der Waals surface area contributed by atoms with Gasteiger partial charge in [0.05, 0.1) is 11.8 Å². The van der Waals surface area contributed by atoms with E-state index in [0.29, 0.717) is 30.0 Å². The van der Waals surface area contributed by atoms with E-state index >= 15 is 0 Å². The van der Waals surface area contributed by atoms with E-state index < -0.39 is 11.8 Å². The molecular weight excluding hydrogens is 402 g/mol. The number of halogens is 1. The lowest BCUT2D eigenvalue weighted by Gasteiger charge is -2.32. The molecule has 0 aromatic heterocycles. The number of carbonyl (C=O) groups excluding carboxylic acids is 3. The summed E-state index contributed by atoms with van der Waals surface area (Å²) in [6, 6.07) is 14.3. The van der Waals surface area contributed by atoms with Gasteiger partial charge in [0.25, 0.3) is 5.91 Å². The highest BCUT2D eigenvalue weighted by atomic mass is 35.5. The van der Waals surface area contributed by atoms with Gasteiger partial charge in [-0.1, -0.05) is 42.6 Å². The lowest BCUT2D eigenvalue weighted by molar-refractivity contribution is -0.135. The number of amides is 3. The van der Waals surface area contributed by atoms with Crippen LogP contribution in [0.3, 0.4) is 0 Å². The fourth-order valence-corrected chi connectivity index (χ4v) is 4.52. The predicted molar refractivity (Wildman–Crippen MR) is 115 cm³/mol. The van der Waals surface area contributed by atoms with E-state index in [1.54, 1.807) is 24.3 Å². The monoisotopic (exact) mass is 425 g/mol. The largest absolute Gasteiger partial charge is 0.312 e. The number of hydrazine groups is 1. The average molecular weight is 426 g/mol. The van der Waals surface area contributed by atoms with E-state index in [4.69, 9.17) is 11.6 Å². The Morgan fingerprint density at radius 2 is 1.60 bits per heavy atom. The second kappa shape index (κ2) is 8.88. The number of anilines is 1. The molecule has 2 atom stereocenters. The molecule has 1 fully saturated rings. The molecule has 2 aliphatic rings. The van der Waals surface area contributed by atoms with Crippen molar-refractivity contribution in [3.63, 3.8) is 0 Å². The lowest BCUT2D eigenvalue weighted by atomic mass is 9.78. The quantitative estimate of drug-likeness (QED) is 0.739. The molecule has 6 nitrogen and oxygen atoms in total. The Labute approximate surface area is 180 Å². The van der Waals surface area contributed by atoms with Crippen molar-refractivity contribution < 1.29 is 14.4 Å². The number of benzene rings is 2. The van der Waals surface area contributed by atoms with Crippen LogP contribution in [0.5, 0.6) is 0 Å².